The molecule has 2 aromatic rings. The third-order valence-electron chi connectivity index (χ3n) is 3.49. The van der Waals surface area contributed by atoms with Crippen molar-refractivity contribution in [2.45, 2.75) is 46.8 Å². The van der Waals surface area contributed by atoms with Gasteiger partial charge in [-0.25, -0.2) is 0 Å². The van der Waals surface area contributed by atoms with E-state index in [2.05, 4.69) is 48.7 Å². The molecule has 0 aliphatic heterocycles. The molecule has 0 saturated carbocycles. The Kier molecular flexibility index (Phi) is 4.04. The Labute approximate surface area is 114 Å². The maximum atomic E-state index is 4.49. The monoisotopic (exact) mass is 261 g/mol. The van der Waals surface area contributed by atoms with Crippen LogP contribution in [-0.2, 0) is 20.1 Å². The van der Waals surface area contributed by atoms with Crippen LogP contribution < -0.4 is 5.32 Å². The summed E-state index contributed by atoms with van der Waals surface area (Å²) in [5.41, 5.74) is 4.70. The van der Waals surface area contributed by atoms with Gasteiger partial charge in [0.05, 0.1) is 11.4 Å². The molecule has 19 heavy (non-hydrogen) atoms. The molecular weight excluding hydrogens is 238 g/mol. The minimum absolute atomic E-state index is 0.292. The molecule has 0 spiro atoms. The number of nitrogens with one attached hydrogen (secondary N) is 1. The van der Waals surface area contributed by atoms with Gasteiger partial charge in [-0.15, -0.1) is 0 Å². The molecule has 0 aliphatic carbocycles. The van der Waals surface area contributed by atoms with Crippen LogP contribution in [0.4, 0.5) is 0 Å². The average molecular weight is 261 g/mol. The number of nitrogens with zero attached hydrogens (tertiary/aromatic N) is 4. The summed E-state index contributed by atoms with van der Waals surface area (Å²) in [5, 5.41) is 12.4. The Morgan fingerprint density at radius 2 is 1.95 bits per heavy atom. The van der Waals surface area contributed by atoms with E-state index in [-0.39, 0.29) is 0 Å². The summed E-state index contributed by atoms with van der Waals surface area (Å²) in [6.45, 7) is 10.1. The van der Waals surface area contributed by atoms with Gasteiger partial charge in [-0.3, -0.25) is 9.36 Å². The Bertz CT molecular complexity index is 552. The quantitative estimate of drug-likeness (QED) is 0.896. The van der Waals surface area contributed by atoms with E-state index in [9.17, 15) is 0 Å². The van der Waals surface area contributed by atoms with E-state index >= 15 is 0 Å². The predicted molar refractivity (Wildman–Crippen MR) is 75.8 cm³/mol. The van der Waals surface area contributed by atoms with Crippen LogP contribution in [0.1, 0.15) is 42.4 Å². The number of aromatic nitrogens is 4. The summed E-state index contributed by atoms with van der Waals surface area (Å²) < 4.78 is 3.84. The topological polar surface area (TPSA) is 47.7 Å². The summed E-state index contributed by atoms with van der Waals surface area (Å²) in [6.07, 6.45) is 4.19. The Morgan fingerprint density at radius 3 is 2.47 bits per heavy atom. The molecule has 0 saturated heterocycles. The zero-order valence-corrected chi connectivity index (χ0v) is 12.4. The van der Waals surface area contributed by atoms with E-state index in [1.54, 1.807) is 0 Å². The Balaban J connectivity index is 2.02. The van der Waals surface area contributed by atoms with Gasteiger partial charge in [-0.2, -0.15) is 10.2 Å². The van der Waals surface area contributed by atoms with Crippen LogP contribution in [0.25, 0.3) is 0 Å². The van der Waals surface area contributed by atoms with Crippen LogP contribution in [-0.4, -0.2) is 19.6 Å². The van der Waals surface area contributed by atoms with E-state index in [0.29, 0.717) is 6.04 Å². The summed E-state index contributed by atoms with van der Waals surface area (Å²) in [5.74, 6) is 0. The molecular formula is C14H23N5. The summed E-state index contributed by atoms with van der Waals surface area (Å²) in [7, 11) is 1.95. The van der Waals surface area contributed by atoms with Crippen molar-refractivity contribution in [3.05, 3.63) is 34.9 Å². The second kappa shape index (κ2) is 5.57. The van der Waals surface area contributed by atoms with Crippen molar-refractivity contribution in [1.82, 2.24) is 24.9 Å². The number of hydrogen-bond acceptors (Lipinski definition) is 3. The standard InChI is InChI=1S/C14H23N5/c1-6-19-9-14(12(4)17-19)11(3)15-7-13-8-18(5)16-10(13)2/h8-9,11,15H,6-7H2,1-5H3. The molecule has 1 atom stereocenters. The third kappa shape index (κ3) is 3.04. The maximum Gasteiger partial charge on any atom is 0.0641 e. The zero-order valence-electron chi connectivity index (χ0n) is 12.4. The summed E-state index contributed by atoms with van der Waals surface area (Å²) in [6, 6.07) is 0.292. The van der Waals surface area contributed by atoms with Gasteiger partial charge in [0, 0.05) is 49.7 Å². The molecule has 0 fully saturated rings. The van der Waals surface area contributed by atoms with Crippen molar-refractivity contribution < 1.29 is 0 Å². The van der Waals surface area contributed by atoms with Crippen LogP contribution in [0.2, 0.25) is 0 Å². The molecule has 0 aliphatic rings. The van der Waals surface area contributed by atoms with E-state index in [1.165, 1.54) is 11.1 Å². The summed E-state index contributed by atoms with van der Waals surface area (Å²) >= 11 is 0. The van der Waals surface area contributed by atoms with Gasteiger partial charge in [0.2, 0.25) is 0 Å². The molecule has 104 valence electrons. The second-order valence-electron chi connectivity index (χ2n) is 5.04. The Hall–Kier alpha value is -1.62. The minimum Gasteiger partial charge on any atom is -0.306 e. The lowest BCUT2D eigenvalue weighted by atomic mass is 10.1. The molecule has 0 bridgehead atoms. The first-order valence-electron chi connectivity index (χ1n) is 6.77. The van der Waals surface area contributed by atoms with Crippen molar-refractivity contribution in [3.63, 3.8) is 0 Å². The largest absolute Gasteiger partial charge is 0.306 e. The van der Waals surface area contributed by atoms with Crippen molar-refractivity contribution in [2.75, 3.05) is 0 Å². The first-order valence-corrected chi connectivity index (χ1v) is 6.77. The average Bonchev–Trinajstić information content (AvgIpc) is 2.89. The normalized spacial score (nSPS) is 12.9. The predicted octanol–water partition coefficient (Wildman–Crippen LogP) is 2.10. The van der Waals surface area contributed by atoms with Gasteiger partial charge >= 0.3 is 0 Å². The van der Waals surface area contributed by atoms with Crippen LogP contribution in [0.3, 0.4) is 0 Å². The Morgan fingerprint density at radius 1 is 1.21 bits per heavy atom. The maximum absolute atomic E-state index is 4.49. The molecule has 0 amide bonds. The van der Waals surface area contributed by atoms with Gasteiger partial charge in [-0.05, 0) is 27.7 Å². The van der Waals surface area contributed by atoms with Crippen LogP contribution >= 0.6 is 0 Å². The smallest absolute Gasteiger partial charge is 0.0641 e. The molecule has 1 N–H and O–H groups in total. The van der Waals surface area contributed by atoms with E-state index in [1.807, 2.05) is 23.3 Å². The first kappa shape index (κ1) is 13.8. The van der Waals surface area contributed by atoms with E-state index in [0.717, 1.165) is 24.5 Å². The number of aryl methyl sites for hydroxylation is 4. The minimum atomic E-state index is 0.292. The highest BCUT2D eigenvalue weighted by Gasteiger charge is 2.12. The van der Waals surface area contributed by atoms with Crippen LogP contribution in [0.15, 0.2) is 12.4 Å². The molecule has 2 heterocycles. The fourth-order valence-corrected chi connectivity index (χ4v) is 2.32. The SMILES string of the molecule is CCn1cc(C(C)NCc2cn(C)nc2C)c(C)n1. The number of rotatable bonds is 5. The van der Waals surface area contributed by atoms with Gasteiger partial charge < -0.3 is 5.32 Å². The van der Waals surface area contributed by atoms with E-state index < -0.39 is 0 Å². The third-order valence-corrected chi connectivity index (χ3v) is 3.49. The number of hydrogen-bond donors (Lipinski definition) is 1. The zero-order chi connectivity index (χ0) is 14.0. The lowest BCUT2D eigenvalue weighted by molar-refractivity contribution is 0.570. The highest BCUT2D eigenvalue weighted by molar-refractivity contribution is 5.20. The lowest BCUT2D eigenvalue weighted by Crippen LogP contribution is -2.18. The highest BCUT2D eigenvalue weighted by atomic mass is 15.3. The molecule has 2 aromatic heterocycles. The fraction of sp³-hybridized carbons (Fsp3) is 0.571. The fourth-order valence-electron chi connectivity index (χ4n) is 2.32. The molecule has 0 aromatic carbocycles. The molecule has 0 radical (unpaired) electrons. The van der Waals surface area contributed by atoms with Gasteiger partial charge in [-0.1, -0.05) is 0 Å². The molecule has 1 unspecified atom stereocenters. The molecule has 5 heteroatoms. The van der Waals surface area contributed by atoms with Crippen molar-refractivity contribution in [3.8, 4) is 0 Å². The van der Waals surface area contributed by atoms with Crippen LogP contribution in [0.5, 0.6) is 0 Å². The van der Waals surface area contributed by atoms with Crippen molar-refractivity contribution >= 4 is 0 Å². The second-order valence-corrected chi connectivity index (χ2v) is 5.04. The van der Waals surface area contributed by atoms with Gasteiger partial charge in [0.1, 0.15) is 0 Å². The van der Waals surface area contributed by atoms with Gasteiger partial charge in [0.25, 0.3) is 0 Å². The molecule has 5 nitrogen and oxygen atoms in total. The van der Waals surface area contributed by atoms with Crippen molar-refractivity contribution in [1.29, 1.82) is 0 Å². The molecule has 2 rings (SSSR count). The lowest BCUT2D eigenvalue weighted by Gasteiger charge is -2.12. The summed E-state index contributed by atoms with van der Waals surface area (Å²) in [4.78, 5) is 0. The van der Waals surface area contributed by atoms with Gasteiger partial charge in [0.15, 0.2) is 0 Å². The van der Waals surface area contributed by atoms with Crippen LogP contribution in [0, 0.1) is 13.8 Å². The van der Waals surface area contributed by atoms with E-state index in [4.69, 9.17) is 0 Å². The first-order chi connectivity index (χ1) is 9.01. The highest BCUT2D eigenvalue weighted by Crippen LogP contribution is 2.17. The van der Waals surface area contributed by atoms with Crippen molar-refractivity contribution in [2.24, 2.45) is 7.05 Å².